The molecule has 1 aromatic heterocycles. The Balaban J connectivity index is 1.67. The van der Waals surface area contributed by atoms with Crippen molar-refractivity contribution in [3.8, 4) is 0 Å². The molecule has 1 fully saturated rings. The SMILES string of the molecule is O=C(NC[C@H](O)Cn1ccccc1=O)C1(c2ccccc2)CCOCC1. The number of aromatic nitrogens is 1. The minimum atomic E-state index is -0.841. The lowest BCUT2D eigenvalue weighted by molar-refractivity contribution is -0.131. The fraction of sp³-hybridized carbons (Fsp3) is 0.400. The number of pyridine rings is 1. The molecule has 2 heterocycles. The number of hydrogen-bond donors (Lipinski definition) is 2. The lowest BCUT2D eigenvalue weighted by Crippen LogP contribution is -2.50. The van der Waals surface area contributed by atoms with Gasteiger partial charge in [-0.3, -0.25) is 9.59 Å². The van der Waals surface area contributed by atoms with Crippen LogP contribution in [-0.4, -0.2) is 41.4 Å². The van der Waals surface area contributed by atoms with Crippen molar-refractivity contribution in [1.82, 2.24) is 9.88 Å². The zero-order valence-electron chi connectivity index (χ0n) is 14.6. The van der Waals surface area contributed by atoms with Crippen LogP contribution in [0.1, 0.15) is 18.4 Å². The van der Waals surface area contributed by atoms with Gasteiger partial charge >= 0.3 is 0 Å². The predicted molar refractivity (Wildman–Crippen MR) is 97.9 cm³/mol. The van der Waals surface area contributed by atoms with Gasteiger partial charge < -0.3 is 19.7 Å². The Bertz CT molecular complexity index is 782. The molecule has 1 atom stereocenters. The number of nitrogens with one attached hydrogen (secondary N) is 1. The lowest BCUT2D eigenvalue weighted by Gasteiger charge is -2.36. The number of carbonyl (C=O) groups is 1. The van der Waals surface area contributed by atoms with E-state index >= 15 is 0 Å². The van der Waals surface area contributed by atoms with Crippen molar-refractivity contribution in [2.75, 3.05) is 19.8 Å². The van der Waals surface area contributed by atoms with Gasteiger partial charge in [-0.2, -0.15) is 0 Å². The fourth-order valence-corrected chi connectivity index (χ4v) is 3.41. The molecule has 0 bridgehead atoms. The first-order valence-electron chi connectivity index (χ1n) is 8.87. The molecule has 0 saturated carbocycles. The quantitative estimate of drug-likeness (QED) is 0.811. The van der Waals surface area contributed by atoms with Crippen molar-refractivity contribution in [2.24, 2.45) is 0 Å². The smallest absolute Gasteiger partial charge is 0.250 e. The molecule has 0 spiro atoms. The van der Waals surface area contributed by atoms with Crippen molar-refractivity contribution >= 4 is 5.91 Å². The average Bonchev–Trinajstić information content (AvgIpc) is 2.69. The molecule has 1 aliphatic rings. The van der Waals surface area contributed by atoms with Crippen molar-refractivity contribution in [3.63, 3.8) is 0 Å². The third kappa shape index (κ3) is 4.03. The van der Waals surface area contributed by atoms with Gasteiger partial charge in [0.1, 0.15) is 0 Å². The largest absolute Gasteiger partial charge is 0.389 e. The third-order valence-corrected chi connectivity index (χ3v) is 4.91. The summed E-state index contributed by atoms with van der Waals surface area (Å²) in [6.07, 6.45) is 2.00. The summed E-state index contributed by atoms with van der Waals surface area (Å²) in [5.41, 5.74) is 0.153. The number of rotatable bonds is 6. The minimum Gasteiger partial charge on any atom is -0.389 e. The summed E-state index contributed by atoms with van der Waals surface area (Å²) in [6, 6.07) is 14.5. The van der Waals surface area contributed by atoms with Crippen LogP contribution in [0.4, 0.5) is 0 Å². The van der Waals surface area contributed by atoms with E-state index in [1.54, 1.807) is 18.3 Å². The van der Waals surface area contributed by atoms with Crippen LogP contribution in [-0.2, 0) is 21.5 Å². The van der Waals surface area contributed by atoms with E-state index in [1.165, 1.54) is 10.6 Å². The fourth-order valence-electron chi connectivity index (χ4n) is 3.41. The van der Waals surface area contributed by atoms with Crippen LogP contribution in [0.5, 0.6) is 0 Å². The number of carbonyl (C=O) groups excluding carboxylic acids is 1. The normalized spacial score (nSPS) is 17.4. The highest BCUT2D eigenvalue weighted by Crippen LogP contribution is 2.35. The molecule has 1 saturated heterocycles. The molecule has 6 nitrogen and oxygen atoms in total. The van der Waals surface area contributed by atoms with Gasteiger partial charge in [-0.1, -0.05) is 36.4 Å². The Morgan fingerprint density at radius 2 is 1.85 bits per heavy atom. The number of amides is 1. The van der Waals surface area contributed by atoms with Crippen LogP contribution < -0.4 is 10.9 Å². The van der Waals surface area contributed by atoms with E-state index in [2.05, 4.69) is 5.32 Å². The van der Waals surface area contributed by atoms with Crippen LogP contribution in [0.15, 0.2) is 59.5 Å². The Hall–Kier alpha value is -2.44. The second-order valence-corrected chi connectivity index (χ2v) is 6.62. The summed E-state index contributed by atoms with van der Waals surface area (Å²) in [5.74, 6) is -0.105. The van der Waals surface area contributed by atoms with Gasteiger partial charge in [-0.05, 0) is 24.5 Å². The number of aliphatic hydroxyl groups is 1. The third-order valence-electron chi connectivity index (χ3n) is 4.91. The van der Waals surface area contributed by atoms with E-state index in [-0.39, 0.29) is 24.6 Å². The molecule has 1 amide bonds. The van der Waals surface area contributed by atoms with Gasteiger partial charge in [0.25, 0.3) is 5.56 Å². The van der Waals surface area contributed by atoms with Crippen LogP contribution in [0.2, 0.25) is 0 Å². The highest BCUT2D eigenvalue weighted by Gasteiger charge is 2.41. The molecule has 26 heavy (non-hydrogen) atoms. The molecule has 2 N–H and O–H groups in total. The molecule has 2 aromatic rings. The summed E-state index contributed by atoms with van der Waals surface area (Å²) >= 11 is 0. The van der Waals surface area contributed by atoms with Crippen molar-refractivity contribution < 1.29 is 14.6 Å². The molecule has 3 rings (SSSR count). The maximum atomic E-state index is 13.0. The first kappa shape index (κ1) is 18.4. The summed E-state index contributed by atoms with van der Waals surface area (Å²) in [6.45, 7) is 1.30. The van der Waals surface area contributed by atoms with Crippen LogP contribution in [0.3, 0.4) is 0 Å². The molecule has 0 unspecified atom stereocenters. The van der Waals surface area contributed by atoms with Gasteiger partial charge in [-0.15, -0.1) is 0 Å². The van der Waals surface area contributed by atoms with Crippen LogP contribution >= 0.6 is 0 Å². The number of nitrogens with zero attached hydrogens (tertiary/aromatic N) is 1. The molecular formula is C20H24N2O4. The topological polar surface area (TPSA) is 80.6 Å². The van der Waals surface area contributed by atoms with E-state index in [1.807, 2.05) is 30.3 Å². The first-order valence-corrected chi connectivity index (χ1v) is 8.87. The zero-order chi connectivity index (χ0) is 18.4. The zero-order valence-corrected chi connectivity index (χ0v) is 14.6. The first-order chi connectivity index (χ1) is 12.6. The molecule has 0 aliphatic carbocycles. The van der Waals surface area contributed by atoms with Crippen molar-refractivity contribution in [3.05, 3.63) is 70.6 Å². The Kier molecular flexibility index (Phi) is 5.85. The van der Waals surface area contributed by atoms with E-state index in [4.69, 9.17) is 4.74 Å². The van der Waals surface area contributed by atoms with Gasteiger partial charge in [0.2, 0.25) is 5.91 Å². The monoisotopic (exact) mass is 356 g/mol. The summed E-state index contributed by atoms with van der Waals surface area (Å²) in [4.78, 5) is 24.7. The highest BCUT2D eigenvalue weighted by molar-refractivity contribution is 5.88. The lowest BCUT2D eigenvalue weighted by atomic mass is 9.73. The number of aliphatic hydroxyl groups excluding tert-OH is 1. The molecule has 6 heteroatoms. The standard InChI is InChI=1S/C20H24N2O4/c23-17(15-22-11-5-4-8-18(22)24)14-21-19(25)20(9-12-26-13-10-20)16-6-2-1-3-7-16/h1-8,11,17,23H,9-10,12-15H2,(H,21,25)/t17-/m0/s1. The Morgan fingerprint density at radius 3 is 2.54 bits per heavy atom. The van der Waals surface area contributed by atoms with Crippen molar-refractivity contribution in [2.45, 2.75) is 30.9 Å². The number of ether oxygens (including phenoxy) is 1. The molecular weight excluding hydrogens is 332 g/mol. The van der Waals surface area contributed by atoms with Gasteiger partial charge in [0, 0.05) is 32.0 Å². The van der Waals surface area contributed by atoms with Gasteiger partial charge in [0.05, 0.1) is 18.1 Å². The van der Waals surface area contributed by atoms with Gasteiger partial charge in [0.15, 0.2) is 0 Å². The highest BCUT2D eigenvalue weighted by atomic mass is 16.5. The molecule has 1 aliphatic heterocycles. The van der Waals surface area contributed by atoms with Crippen LogP contribution in [0.25, 0.3) is 0 Å². The molecule has 1 aromatic carbocycles. The number of hydrogen-bond acceptors (Lipinski definition) is 4. The Morgan fingerprint density at radius 1 is 1.15 bits per heavy atom. The minimum absolute atomic E-state index is 0.0929. The van der Waals surface area contributed by atoms with E-state index in [0.29, 0.717) is 26.1 Å². The van der Waals surface area contributed by atoms with Gasteiger partial charge in [-0.25, -0.2) is 0 Å². The summed E-state index contributed by atoms with van der Waals surface area (Å²) in [7, 11) is 0. The molecule has 138 valence electrons. The second-order valence-electron chi connectivity index (χ2n) is 6.62. The predicted octanol–water partition coefficient (Wildman–Crippen LogP) is 1.07. The Labute approximate surface area is 152 Å². The summed E-state index contributed by atoms with van der Waals surface area (Å²) < 4.78 is 6.88. The van der Waals surface area contributed by atoms with Crippen molar-refractivity contribution in [1.29, 1.82) is 0 Å². The van der Waals surface area contributed by atoms with Crippen LogP contribution in [0, 0.1) is 0 Å². The summed E-state index contributed by atoms with van der Waals surface area (Å²) in [5, 5.41) is 13.1. The maximum absolute atomic E-state index is 13.0. The number of benzene rings is 1. The maximum Gasteiger partial charge on any atom is 0.250 e. The second kappa shape index (κ2) is 8.29. The average molecular weight is 356 g/mol. The van der Waals surface area contributed by atoms with E-state index < -0.39 is 11.5 Å². The van der Waals surface area contributed by atoms with E-state index in [0.717, 1.165) is 5.56 Å². The molecule has 0 radical (unpaired) electrons. The van der Waals surface area contributed by atoms with E-state index in [9.17, 15) is 14.7 Å².